The highest BCUT2D eigenvalue weighted by Gasteiger charge is 2.33. The standard InChI is InChI=1S/C17H22O5S/c1-4-21-17(18)10-9-15-16(11-13(3)22-15)23(19,20)14-7-5-12(2)6-8-14/h5-8,13H,4,9-11H2,1-3H3/t13-/m0/s1. The summed E-state index contributed by atoms with van der Waals surface area (Å²) in [4.78, 5) is 12.0. The third kappa shape index (κ3) is 4.13. The smallest absolute Gasteiger partial charge is 0.306 e. The summed E-state index contributed by atoms with van der Waals surface area (Å²) in [5.74, 6) is 0.0290. The van der Waals surface area contributed by atoms with Crippen LogP contribution in [0.2, 0.25) is 0 Å². The maximum absolute atomic E-state index is 12.8. The first-order valence-corrected chi connectivity index (χ1v) is 9.19. The number of rotatable bonds is 6. The van der Waals surface area contributed by atoms with Gasteiger partial charge < -0.3 is 9.47 Å². The predicted molar refractivity (Wildman–Crippen MR) is 86.4 cm³/mol. The van der Waals surface area contributed by atoms with Gasteiger partial charge in [0.05, 0.1) is 22.8 Å². The molecule has 0 N–H and O–H groups in total. The Bertz CT molecular complexity index is 701. The van der Waals surface area contributed by atoms with Crippen molar-refractivity contribution in [2.75, 3.05) is 6.61 Å². The van der Waals surface area contributed by atoms with E-state index in [4.69, 9.17) is 9.47 Å². The molecule has 0 bridgehead atoms. The molecule has 0 radical (unpaired) electrons. The zero-order chi connectivity index (χ0) is 17.0. The number of carbonyl (C=O) groups is 1. The van der Waals surface area contributed by atoms with Gasteiger partial charge >= 0.3 is 5.97 Å². The molecule has 1 atom stereocenters. The number of esters is 1. The normalized spacial score (nSPS) is 18.0. The van der Waals surface area contributed by atoms with Crippen molar-refractivity contribution < 1.29 is 22.7 Å². The van der Waals surface area contributed by atoms with Gasteiger partial charge in [0, 0.05) is 12.8 Å². The second-order valence-electron chi connectivity index (χ2n) is 5.60. The van der Waals surface area contributed by atoms with Gasteiger partial charge in [-0.15, -0.1) is 0 Å². The van der Waals surface area contributed by atoms with Crippen molar-refractivity contribution in [2.45, 2.75) is 51.0 Å². The van der Waals surface area contributed by atoms with Crippen molar-refractivity contribution in [2.24, 2.45) is 0 Å². The van der Waals surface area contributed by atoms with Gasteiger partial charge in [0.1, 0.15) is 11.9 Å². The van der Waals surface area contributed by atoms with E-state index in [1.807, 2.05) is 13.8 Å². The Hall–Kier alpha value is -1.82. The minimum absolute atomic E-state index is 0.114. The summed E-state index contributed by atoms with van der Waals surface area (Å²) in [6, 6.07) is 6.74. The molecule has 5 nitrogen and oxygen atoms in total. The van der Waals surface area contributed by atoms with Crippen LogP contribution in [0.4, 0.5) is 0 Å². The lowest BCUT2D eigenvalue weighted by Crippen LogP contribution is -2.08. The van der Waals surface area contributed by atoms with Gasteiger partial charge in [-0.3, -0.25) is 4.79 Å². The first kappa shape index (κ1) is 17.5. The lowest BCUT2D eigenvalue weighted by Gasteiger charge is -2.09. The molecule has 1 aliphatic rings. The third-order valence-electron chi connectivity index (χ3n) is 3.64. The van der Waals surface area contributed by atoms with Crippen molar-refractivity contribution >= 4 is 15.8 Å². The molecule has 0 aliphatic carbocycles. The summed E-state index contributed by atoms with van der Waals surface area (Å²) in [7, 11) is -3.60. The van der Waals surface area contributed by atoms with E-state index < -0.39 is 9.84 Å². The fourth-order valence-electron chi connectivity index (χ4n) is 2.49. The monoisotopic (exact) mass is 338 g/mol. The molecular weight excluding hydrogens is 316 g/mol. The number of carbonyl (C=O) groups excluding carboxylic acids is 1. The Morgan fingerprint density at radius 1 is 1.30 bits per heavy atom. The number of aryl methyl sites for hydroxylation is 1. The molecule has 1 aliphatic heterocycles. The van der Waals surface area contributed by atoms with Crippen LogP contribution in [0.25, 0.3) is 0 Å². The van der Waals surface area contributed by atoms with Crippen molar-refractivity contribution in [1.29, 1.82) is 0 Å². The second-order valence-corrected chi connectivity index (χ2v) is 7.57. The van der Waals surface area contributed by atoms with Gasteiger partial charge in [0.15, 0.2) is 0 Å². The molecule has 1 aromatic carbocycles. The average Bonchev–Trinajstić information content (AvgIpc) is 2.88. The highest BCUT2D eigenvalue weighted by molar-refractivity contribution is 7.95. The van der Waals surface area contributed by atoms with Crippen LogP contribution in [0.15, 0.2) is 39.8 Å². The van der Waals surface area contributed by atoms with Crippen LogP contribution in [-0.2, 0) is 24.1 Å². The van der Waals surface area contributed by atoms with Gasteiger partial charge in [-0.1, -0.05) is 17.7 Å². The SMILES string of the molecule is CCOC(=O)CCC1=C(S(=O)(=O)c2ccc(C)cc2)C[C@H](C)O1. The number of ether oxygens (including phenoxy) is 2. The van der Waals surface area contributed by atoms with Gasteiger partial charge in [-0.2, -0.15) is 0 Å². The van der Waals surface area contributed by atoms with E-state index in [0.29, 0.717) is 18.8 Å². The molecule has 23 heavy (non-hydrogen) atoms. The van der Waals surface area contributed by atoms with E-state index in [-0.39, 0.29) is 34.7 Å². The van der Waals surface area contributed by atoms with Gasteiger partial charge in [0.25, 0.3) is 0 Å². The minimum Gasteiger partial charge on any atom is -0.494 e. The molecule has 0 saturated heterocycles. The third-order valence-corrected chi connectivity index (χ3v) is 5.58. The first-order chi connectivity index (χ1) is 10.8. The lowest BCUT2D eigenvalue weighted by molar-refractivity contribution is -0.143. The largest absolute Gasteiger partial charge is 0.494 e. The molecule has 1 aromatic rings. The van der Waals surface area contributed by atoms with Crippen LogP contribution >= 0.6 is 0 Å². The maximum Gasteiger partial charge on any atom is 0.306 e. The molecular formula is C17H22O5S. The Morgan fingerprint density at radius 3 is 2.57 bits per heavy atom. The average molecular weight is 338 g/mol. The van der Waals surface area contributed by atoms with Crippen LogP contribution < -0.4 is 0 Å². The zero-order valence-corrected chi connectivity index (χ0v) is 14.5. The lowest BCUT2D eigenvalue weighted by atomic mass is 10.2. The molecule has 126 valence electrons. The molecule has 0 amide bonds. The summed E-state index contributed by atoms with van der Waals surface area (Å²) in [6.07, 6.45) is 0.475. The molecule has 0 spiro atoms. The Morgan fingerprint density at radius 2 is 1.96 bits per heavy atom. The van der Waals surface area contributed by atoms with E-state index in [2.05, 4.69) is 0 Å². The number of hydrogen-bond acceptors (Lipinski definition) is 5. The summed E-state index contributed by atoms with van der Waals surface area (Å²) in [6.45, 7) is 5.77. The molecule has 0 aromatic heterocycles. The van der Waals surface area contributed by atoms with Crippen molar-refractivity contribution in [3.05, 3.63) is 40.5 Å². The highest BCUT2D eigenvalue weighted by Crippen LogP contribution is 2.35. The Labute approximate surface area is 137 Å². The van der Waals surface area contributed by atoms with E-state index in [9.17, 15) is 13.2 Å². The molecule has 0 unspecified atom stereocenters. The van der Waals surface area contributed by atoms with Crippen LogP contribution in [0.3, 0.4) is 0 Å². The number of allylic oxidation sites excluding steroid dienone is 1. The second kappa shape index (κ2) is 7.17. The summed E-state index contributed by atoms with van der Waals surface area (Å²) in [5.41, 5.74) is 0.997. The maximum atomic E-state index is 12.8. The van der Waals surface area contributed by atoms with E-state index in [1.54, 1.807) is 31.2 Å². The summed E-state index contributed by atoms with van der Waals surface area (Å²) >= 11 is 0. The van der Waals surface area contributed by atoms with Crippen LogP contribution in [0, 0.1) is 6.92 Å². The zero-order valence-electron chi connectivity index (χ0n) is 13.7. The predicted octanol–water partition coefficient (Wildman–Crippen LogP) is 3.13. The van der Waals surface area contributed by atoms with Crippen molar-refractivity contribution in [3.8, 4) is 0 Å². The molecule has 6 heteroatoms. The van der Waals surface area contributed by atoms with Gasteiger partial charge in [-0.25, -0.2) is 8.42 Å². The number of sulfone groups is 1. The molecule has 1 heterocycles. The Balaban J connectivity index is 2.26. The summed E-state index contributed by atoms with van der Waals surface area (Å²) in [5, 5.41) is 0. The Kier molecular flexibility index (Phi) is 5.46. The van der Waals surface area contributed by atoms with Crippen LogP contribution in [0.1, 0.15) is 38.7 Å². The topological polar surface area (TPSA) is 69.7 Å². The van der Waals surface area contributed by atoms with Crippen molar-refractivity contribution in [3.63, 3.8) is 0 Å². The van der Waals surface area contributed by atoms with E-state index in [0.717, 1.165) is 5.56 Å². The fraction of sp³-hybridized carbons (Fsp3) is 0.471. The quantitative estimate of drug-likeness (QED) is 0.745. The van der Waals surface area contributed by atoms with Gasteiger partial charge in [-0.05, 0) is 32.9 Å². The van der Waals surface area contributed by atoms with E-state index >= 15 is 0 Å². The first-order valence-electron chi connectivity index (χ1n) is 7.70. The summed E-state index contributed by atoms with van der Waals surface area (Å²) < 4.78 is 36.1. The number of benzene rings is 1. The van der Waals surface area contributed by atoms with Crippen LogP contribution in [0.5, 0.6) is 0 Å². The minimum atomic E-state index is -3.60. The van der Waals surface area contributed by atoms with E-state index in [1.165, 1.54) is 0 Å². The molecule has 0 saturated carbocycles. The van der Waals surface area contributed by atoms with Crippen LogP contribution in [-0.4, -0.2) is 27.1 Å². The van der Waals surface area contributed by atoms with Gasteiger partial charge in [0.2, 0.25) is 9.84 Å². The van der Waals surface area contributed by atoms with Crippen molar-refractivity contribution in [1.82, 2.24) is 0 Å². The highest BCUT2D eigenvalue weighted by atomic mass is 32.2. The molecule has 0 fully saturated rings. The molecule has 2 rings (SSSR count). The number of hydrogen-bond donors (Lipinski definition) is 0. The fourth-order valence-corrected chi connectivity index (χ4v) is 4.17.